The lowest BCUT2D eigenvalue weighted by Gasteiger charge is -2.03. The van der Waals surface area contributed by atoms with Gasteiger partial charge in [-0.3, -0.25) is 4.98 Å². The maximum Gasteiger partial charge on any atom is 0.0705 e. The number of alkyl halides is 1. The molecule has 2 aromatic rings. The average molecular weight is 276 g/mol. The normalized spacial score (nSPS) is 23.6. The molecule has 3 rings (SSSR count). The van der Waals surface area contributed by atoms with Crippen molar-refractivity contribution in [2.24, 2.45) is 5.92 Å². The lowest BCUT2D eigenvalue weighted by molar-refractivity contribution is 0.938. The van der Waals surface area contributed by atoms with Crippen molar-refractivity contribution >= 4 is 26.8 Å². The highest BCUT2D eigenvalue weighted by Crippen LogP contribution is 2.48. The van der Waals surface area contributed by atoms with Gasteiger partial charge in [-0.05, 0) is 48.9 Å². The van der Waals surface area contributed by atoms with Gasteiger partial charge in [0, 0.05) is 16.4 Å². The Labute approximate surface area is 104 Å². The smallest absolute Gasteiger partial charge is 0.0705 e. The van der Waals surface area contributed by atoms with Crippen LogP contribution in [0.15, 0.2) is 30.3 Å². The molecule has 1 fully saturated rings. The molecule has 0 radical (unpaired) electrons. The highest BCUT2D eigenvalue weighted by atomic mass is 79.9. The molecule has 1 aliphatic rings. The van der Waals surface area contributed by atoms with E-state index < -0.39 is 0 Å². The maximum atomic E-state index is 4.53. The second kappa shape index (κ2) is 3.85. The fourth-order valence-electron chi connectivity index (χ4n) is 2.30. The van der Waals surface area contributed by atoms with Crippen LogP contribution in [0.4, 0.5) is 0 Å². The van der Waals surface area contributed by atoms with Gasteiger partial charge >= 0.3 is 0 Å². The molecule has 0 bridgehead atoms. The van der Waals surface area contributed by atoms with Crippen LogP contribution in [0.25, 0.3) is 10.9 Å². The van der Waals surface area contributed by atoms with E-state index in [4.69, 9.17) is 0 Å². The van der Waals surface area contributed by atoms with E-state index in [-0.39, 0.29) is 0 Å². The first-order valence-electron chi connectivity index (χ1n) is 5.71. The third kappa shape index (κ3) is 1.75. The molecule has 2 unspecified atom stereocenters. The summed E-state index contributed by atoms with van der Waals surface area (Å²) in [4.78, 5) is 4.53. The third-order valence-electron chi connectivity index (χ3n) is 3.40. The van der Waals surface area contributed by atoms with Crippen LogP contribution in [0.3, 0.4) is 0 Å². The Hall–Kier alpha value is -0.890. The van der Waals surface area contributed by atoms with Crippen LogP contribution < -0.4 is 0 Å². The molecule has 82 valence electrons. The molecule has 1 nitrogen and oxygen atoms in total. The van der Waals surface area contributed by atoms with Crippen molar-refractivity contribution < 1.29 is 0 Å². The monoisotopic (exact) mass is 275 g/mol. The van der Waals surface area contributed by atoms with Crippen LogP contribution in [-0.4, -0.2) is 10.3 Å². The Kier molecular flexibility index (Phi) is 2.47. The lowest BCUT2D eigenvalue weighted by atomic mass is 10.1. The molecule has 0 N–H and O–H groups in total. The number of benzene rings is 1. The fraction of sp³-hybridized carbons (Fsp3) is 0.357. The van der Waals surface area contributed by atoms with E-state index in [1.54, 1.807) is 0 Å². The van der Waals surface area contributed by atoms with Crippen molar-refractivity contribution in [3.8, 4) is 0 Å². The SMILES string of the molecule is Cc1ccc2cc(C3CC3CBr)ccc2n1. The summed E-state index contributed by atoms with van der Waals surface area (Å²) < 4.78 is 0. The van der Waals surface area contributed by atoms with E-state index in [2.05, 4.69) is 51.2 Å². The van der Waals surface area contributed by atoms with E-state index in [0.717, 1.165) is 28.4 Å². The number of pyridine rings is 1. The summed E-state index contributed by atoms with van der Waals surface area (Å²) in [5.74, 6) is 1.61. The molecule has 2 heteroatoms. The molecule has 1 saturated carbocycles. The minimum absolute atomic E-state index is 0.769. The summed E-state index contributed by atoms with van der Waals surface area (Å²) in [7, 11) is 0. The lowest BCUT2D eigenvalue weighted by Crippen LogP contribution is -1.87. The van der Waals surface area contributed by atoms with Gasteiger partial charge in [-0.15, -0.1) is 0 Å². The van der Waals surface area contributed by atoms with Crippen molar-refractivity contribution in [3.63, 3.8) is 0 Å². The minimum Gasteiger partial charge on any atom is -0.253 e. The number of hydrogen-bond donors (Lipinski definition) is 0. The summed E-state index contributed by atoms with van der Waals surface area (Å²) >= 11 is 3.56. The molecule has 1 heterocycles. The molecule has 0 aliphatic heterocycles. The Balaban J connectivity index is 2.00. The molecule has 1 aromatic carbocycles. The predicted octanol–water partition coefficient (Wildman–Crippen LogP) is 4.04. The van der Waals surface area contributed by atoms with E-state index in [9.17, 15) is 0 Å². The number of halogens is 1. The highest BCUT2D eigenvalue weighted by molar-refractivity contribution is 9.09. The molecule has 0 spiro atoms. The van der Waals surface area contributed by atoms with Crippen LogP contribution in [0.1, 0.15) is 23.6 Å². The van der Waals surface area contributed by atoms with E-state index >= 15 is 0 Å². The van der Waals surface area contributed by atoms with E-state index in [0.29, 0.717) is 0 Å². The first kappa shape index (κ1) is 10.3. The van der Waals surface area contributed by atoms with Crippen molar-refractivity contribution in [2.45, 2.75) is 19.3 Å². The molecular formula is C14H14BrN. The molecule has 16 heavy (non-hydrogen) atoms. The van der Waals surface area contributed by atoms with Crippen LogP contribution in [0, 0.1) is 12.8 Å². The molecule has 0 saturated heterocycles. The second-order valence-electron chi connectivity index (χ2n) is 4.66. The number of nitrogens with zero attached hydrogens (tertiary/aromatic N) is 1. The van der Waals surface area contributed by atoms with Gasteiger partial charge in [0.15, 0.2) is 0 Å². The Morgan fingerprint density at radius 1 is 1.31 bits per heavy atom. The maximum absolute atomic E-state index is 4.53. The van der Waals surface area contributed by atoms with Gasteiger partial charge in [-0.2, -0.15) is 0 Å². The van der Waals surface area contributed by atoms with Crippen molar-refractivity contribution in [3.05, 3.63) is 41.6 Å². The van der Waals surface area contributed by atoms with Crippen LogP contribution in [0.2, 0.25) is 0 Å². The Morgan fingerprint density at radius 2 is 2.19 bits per heavy atom. The number of hydrogen-bond acceptors (Lipinski definition) is 1. The van der Waals surface area contributed by atoms with E-state index in [1.807, 2.05) is 6.92 Å². The Bertz CT molecular complexity index is 535. The predicted molar refractivity (Wildman–Crippen MR) is 71.1 cm³/mol. The Morgan fingerprint density at radius 3 is 2.94 bits per heavy atom. The van der Waals surface area contributed by atoms with Gasteiger partial charge < -0.3 is 0 Å². The van der Waals surface area contributed by atoms with Crippen molar-refractivity contribution in [2.75, 3.05) is 5.33 Å². The summed E-state index contributed by atoms with van der Waals surface area (Å²) in [5.41, 5.74) is 3.67. The third-order valence-corrected chi connectivity index (χ3v) is 4.23. The number of rotatable bonds is 2. The van der Waals surface area contributed by atoms with Crippen molar-refractivity contribution in [1.29, 1.82) is 0 Å². The van der Waals surface area contributed by atoms with Crippen LogP contribution >= 0.6 is 15.9 Å². The molecular weight excluding hydrogens is 262 g/mol. The van der Waals surface area contributed by atoms with Gasteiger partial charge in [0.2, 0.25) is 0 Å². The van der Waals surface area contributed by atoms with Crippen LogP contribution in [0.5, 0.6) is 0 Å². The largest absolute Gasteiger partial charge is 0.253 e. The number of aromatic nitrogens is 1. The topological polar surface area (TPSA) is 12.9 Å². The molecule has 1 aliphatic carbocycles. The first-order chi connectivity index (χ1) is 7.78. The van der Waals surface area contributed by atoms with Gasteiger partial charge in [0.05, 0.1) is 5.52 Å². The average Bonchev–Trinajstić information content (AvgIpc) is 3.07. The van der Waals surface area contributed by atoms with Gasteiger partial charge in [-0.25, -0.2) is 0 Å². The van der Waals surface area contributed by atoms with Gasteiger partial charge in [0.25, 0.3) is 0 Å². The van der Waals surface area contributed by atoms with E-state index in [1.165, 1.54) is 17.4 Å². The minimum atomic E-state index is 0.769. The second-order valence-corrected chi connectivity index (χ2v) is 5.31. The summed E-state index contributed by atoms with van der Waals surface area (Å²) in [6, 6.07) is 11.0. The zero-order chi connectivity index (χ0) is 11.1. The van der Waals surface area contributed by atoms with Gasteiger partial charge in [-0.1, -0.05) is 28.1 Å². The van der Waals surface area contributed by atoms with Crippen LogP contribution in [-0.2, 0) is 0 Å². The standard InChI is InChI=1S/C14H14BrN/c1-9-2-3-11-6-10(4-5-14(11)16-9)13-7-12(13)8-15/h2-6,12-13H,7-8H2,1H3. The molecule has 2 atom stereocenters. The zero-order valence-electron chi connectivity index (χ0n) is 9.28. The summed E-state index contributed by atoms with van der Waals surface area (Å²) in [5, 5.41) is 2.39. The zero-order valence-corrected chi connectivity index (χ0v) is 10.9. The highest BCUT2D eigenvalue weighted by Gasteiger charge is 2.37. The summed E-state index contributed by atoms with van der Waals surface area (Å²) in [6.45, 7) is 2.04. The summed E-state index contributed by atoms with van der Waals surface area (Å²) in [6.07, 6.45) is 1.33. The fourth-order valence-corrected chi connectivity index (χ4v) is 3.02. The molecule has 1 aromatic heterocycles. The first-order valence-corrected chi connectivity index (χ1v) is 6.83. The number of fused-ring (bicyclic) bond motifs is 1. The number of aryl methyl sites for hydroxylation is 1. The molecule has 0 amide bonds. The van der Waals surface area contributed by atoms with Gasteiger partial charge in [0.1, 0.15) is 0 Å². The quantitative estimate of drug-likeness (QED) is 0.754. The van der Waals surface area contributed by atoms with Crippen molar-refractivity contribution in [1.82, 2.24) is 4.98 Å².